The van der Waals surface area contributed by atoms with E-state index in [1.165, 1.54) is 0 Å². The van der Waals surface area contributed by atoms with Gasteiger partial charge < -0.3 is 14.5 Å². The molecule has 0 unspecified atom stereocenters. The monoisotopic (exact) mass is 294 g/mol. The van der Waals surface area contributed by atoms with Gasteiger partial charge in [0.1, 0.15) is 12.4 Å². The number of halogens is 1. The van der Waals surface area contributed by atoms with Gasteiger partial charge in [-0.3, -0.25) is 0 Å². The van der Waals surface area contributed by atoms with Crippen molar-refractivity contribution in [2.24, 2.45) is 5.92 Å². The van der Waals surface area contributed by atoms with Crippen molar-refractivity contribution >= 4 is 11.6 Å². The average molecular weight is 295 g/mol. The Labute approximate surface area is 124 Å². The molecule has 0 aliphatic heterocycles. The maximum atomic E-state index is 6.13. The zero-order chi connectivity index (χ0) is 14.4. The first-order chi connectivity index (χ1) is 9.65. The molecule has 0 atom stereocenters. The second-order valence-corrected chi connectivity index (χ2v) is 5.41. The van der Waals surface area contributed by atoms with Gasteiger partial charge in [0, 0.05) is 18.8 Å². The summed E-state index contributed by atoms with van der Waals surface area (Å²) >= 11 is 6.13. The Bertz CT molecular complexity index is 527. The van der Waals surface area contributed by atoms with E-state index < -0.39 is 0 Å². The van der Waals surface area contributed by atoms with Gasteiger partial charge in [-0.05, 0) is 30.2 Å². The predicted molar refractivity (Wildman–Crippen MR) is 78.8 cm³/mol. The third-order valence-corrected chi connectivity index (χ3v) is 3.06. The Morgan fingerprint density at radius 2 is 2.30 bits per heavy atom. The summed E-state index contributed by atoms with van der Waals surface area (Å²) < 4.78 is 10.8. The Hall–Kier alpha value is -1.52. The van der Waals surface area contributed by atoms with Gasteiger partial charge in [-0.2, -0.15) is 0 Å². The highest BCUT2D eigenvalue weighted by molar-refractivity contribution is 6.31. The van der Waals surface area contributed by atoms with Gasteiger partial charge in [-0.15, -0.1) is 0 Å². The molecule has 108 valence electrons. The van der Waals surface area contributed by atoms with Crippen LogP contribution in [0, 0.1) is 5.92 Å². The fourth-order valence-corrected chi connectivity index (χ4v) is 1.88. The fraction of sp³-hybridized carbons (Fsp3) is 0.400. The third kappa shape index (κ3) is 4.54. The first-order valence-electron chi connectivity index (χ1n) is 6.65. The molecule has 2 aromatic rings. The minimum Gasteiger partial charge on any atom is -0.469 e. The molecule has 2 aromatic heterocycles. The molecule has 2 rings (SSSR count). The Kier molecular flexibility index (Phi) is 5.44. The van der Waals surface area contributed by atoms with Crippen LogP contribution < -0.4 is 10.1 Å². The number of hydrogen-bond donors (Lipinski definition) is 1. The van der Waals surface area contributed by atoms with E-state index in [2.05, 4.69) is 24.1 Å². The van der Waals surface area contributed by atoms with Crippen molar-refractivity contribution in [3.8, 4) is 5.88 Å². The number of nitrogens with one attached hydrogen (secondary N) is 1. The predicted octanol–water partition coefficient (Wildman–Crippen LogP) is 3.65. The molecule has 0 aliphatic carbocycles. The largest absolute Gasteiger partial charge is 0.469 e. The lowest BCUT2D eigenvalue weighted by Crippen LogP contribution is -2.19. The zero-order valence-electron chi connectivity index (χ0n) is 11.7. The highest BCUT2D eigenvalue weighted by Gasteiger charge is 2.06. The average Bonchev–Trinajstić information content (AvgIpc) is 2.92. The van der Waals surface area contributed by atoms with E-state index in [0.29, 0.717) is 30.0 Å². The topological polar surface area (TPSA) is 47.3 Å². The van der Waals surface area contributed by atoms with Crippen LogP contribution in [0.5, 0.6) is 5.88 Å². The summed E-state index contributed by atoms with van der Waals surface area (Å²) in [5.41, 5.74) is 0.983. The van der Waals surface area contributed by atoms with Crippen molar-refractivity contribution in [1.29, 1.82) is 0 Å². The summed E-state index contributed by atoms with van der Waals surface area (Å²) in [4.78, 5) is 4.16. The molecular formula is C15H19ClN2O2. The molecule has 5 heteroatoms. The number of furan rings is 1. The summed E-state index contributed by atoms with van der Waals surface area (Å²) in [5.74, 6) is 1.92. The molecular weight excluding hydrogens is 276 g/mol. The van der Waals surface area contributed by atoms with Gasteiger partial charge in [0.15, 0.2) is 0 Å². The van der Waals surface area contributed by atoms with Crippen molar-refractivity contribution in [3.05, 3.63) is 47.0 Å². The molecule has 0 bridgehead atoms. The molecule has 0 saturated heterocycles. The van der Waals surface area contributed by atoms with E-state index in [9.17, 15) is 0 Å². The summed E-state index contributed by atoms with van der Waals surface area (Å²) in [6.07, 6.45) is 3.24. The smallest absolute Gasteiger partial charge is 0.214 e. The maximum absolute atomic E-state index is 6.13. The number of nitrogens with zero attached hydrogens (tertiary/aromatic N) is 1. The second kappa shape index (κ2) is 7.31. The summed E-state index contributed by atoms with van der Waals surface area (Å²) in [5, 5.41) is 4.00. The van der Waals surface area contributed by atoms with Crippen LogP contribution in [0.1, 0.15) is 25.2 Å². The molecule has 0 aromatic carbocycles. The van der Waals surface area contributed by atoms with Gasteiger partial charge in [-0.25, -0.2) is 4.98 Å². The number of pyridine rings is 1. The van der Waals surface area contributed by atoms with Gasteiger partial charge in [0.2, 0.25) is 5.88 Å². The second-order valence-electron chi connectivity index (χ2n) is 5.01. The minimum absolute atomic E-state index is 0.362. The highest BCUT2D eigenvalue weighted by atomic mass is 35.5. The fourth-order valence-electron chi connectivity index (χ4n) is 1.71. The number of hydrogen-bond acceptors (Lipinski definition) is 4. The molecule has 0 radical (unpaired) electrons. The Morgan fingerprint density at radius 3 is 3.00 bits per heavy atom. The van der Waals surface area contributed by atoms with Crippen LogP contribution in [-0.2, 0) is 13.2 Å². The van der Waals surface area contributed by atoms with Crippen molar-refractivity contribution in [2.75, 3.05) is 6.54 Å². The molecule has 0 saturated carbocycles. The highest BCUT2D eigenvalue weighted by Crippen LogP contribution is 2.20. The minimum atomic E-state index is 0.362. The van der Waals surface area contributed by atoms with E-state index in [-0.39, 0.29) is 0 Å². The van der Waals surface area contributed by atoms with Gasteiger partial charge in [0.05, 0.1) is 11.3 Å². The van der Waals surface area contributed by atoms with Crippen molar-refractivity contribution in [3.63, 3.8) is 0 Å². The summed E-state index contributed by atoms with van der Waals surface area (Å²) in [7, 11) is 0. The molecule has 0 amide bonds. The standard InChI is InChI=1S/C15H19ClN2O2/c1-11(2)7-17-8-12-6-15(18-9-14(12)16)20-10-13-4-3-5-19-13/h3-6,9,11,17H,7-8,10H2,1-2H3. The van der Waals surface area contributed by atoms with E-state index in [1.807, 2.05) is 18.2 Å². The van der Waals surface area contributed by atoms with E-state index in [4.69, 9.17) is 20.8 Å². The lowest BCUT2D eigenvalue weighted by molar-refractivity contribution is 0.260. The number of ether oxygens (including phenoxy) is 1. The molecule has 4 nitrogen and oxygen atoms in total. The van der Waals surface area contributed by atoms with Crippen LogP contribution in [0.3, 0.4) is 0 Å². The molecule has 0 aliphatic rings. The number of aromatic nitrogens is 1. The zero-order valence-corrected chi connectivity index (χ0v) is 12.5. The summed E-state index contributed by atoms with van der Waals surface area (Å²) in [6.45, 7) is 6.34. The third-order valence-electron chi connectivity index (χ3n) is 2.72. The normalized spacial score (nSPS) is 11.0. The van der Waals surface area contributed by atoms with Crippen molar-refractivity contribution < 1.29 is 9.15 Å². The van der Waals surface area contributed by atoms with Crippen LogP contribution in [0.25, 0.3) is 0 Å². The van der Waals surface area contributed by atoms with Crippen LogP contribution in [0.2, 0.25) is 5.02 Å². The molecule has 0 fully saturated rings. The molecule has 2 heterocycles. The van der Waals surface area contributed by atoms with E-state index in [0.717, 1.165) is 17.9 Å². The van der Waals surface area contributed by atoms with Gasteiger partial charge in [0.25, 0.3) is 0 Å². The lowest BCUT2D eigenvalue weighted by atomic mass is 10.2. The van der Waals surface area contributed by atoms with E-state index in [1.54, 1.807) is 12.5 Å². The molecule has 0 spiro atoms. The summed E-state index contributed by atoms with van der Waals surface area (Å²) in [6, 6.07) is 5.55. The quantitative estimate of drug-likeness (QED) is 0.847. The first kappa shape index (κ1) is 14.9. The van der Waals surface area contributed by atoms with Crippen LogP contribution >= 0.6 is 11.6 Å². The SMILES string of the molecule is CC(C)CNCc1cc(OCc2ccco2)ncc1Cl. The lowest BCUT2D eigenvalue weighted by Gasteiger charge is -2.10. The molecule has 1 N–H and O–H groups in total. The van der Waals surface area contributed by atoms with Gasteiger partial charge >= 0.3 is 0 Å². The Balaban J connectivity index is 1.93. The van der Waals surface area contributed by atoms with Crippen molar-refractivity contribution in [2.45, 2.75) is 27.0 Å². The van der Waals surface area contributed by atoms with Crippen LogP contribution in [0.15, 0.2) is 35.1 Å². The van der Waals surface area contributed by atoms with Crippen LogP contribution in [0.4, 0.5) is 0 Å². The van der Waals surface area contributed by atoms with Crippen molar-refractivity contribution in [1.82, 2.24) is 10.3 Å². The maximum Gasteiger partial charge on any atom is 0.214 e. The first-order valence-corrected chi connectivity index (χ1v) is 7.03. The molecule has 20 heavy (non-hydrogen) atoms. The number of rotatable bonds is 7. The van der Waals surface area contributed by atoms with Crippen LogP contribution in [-0.4, -0.2) is 11.5 Å². The van der Waals surface area contributed by atoms with E-state index >= 15 is 0 Å². The van der Waals surface area contributed by atoms with Gasteiger partial charge in [-0.1, -0.05) is 25.4 Å². The Morgan fingerprint density at radius 1 is 1.45 bits per heavy atom.